The third-order valence-corrected chi connectivity index (χ3v) is 5.64. The van der Waals surface area contributed by atoms with Gasteiger partial charge in [0.15, 0.2) is 0 Å². The van der Waals surface area contributed by atoms with Gasteiger partial charge in [0.1, 0.15) is 0 Å². The van der Waals surface area contributed by atoms with Crippen molar-refractivity contribution in [3.8, 4) is 0 Å². The monoisotopic (exact) mass is 344 g/mol. The minimum absolute atomic E-state index is 0.00769. The summed E-state index contributed by atoms with van der Waals surface area (Å²) in [6.07, 6.45) is 0.978. The van der Waals surface area contributed by atoms with E-state index in [1.807, 2.05) is 30.3 Å². The van der Waals surface area contributed by atoms with Gasteiger partial charge >= 0.3 is 0 Å². The molecule has 1 atom stereocenters. The number of hydrogen-bond acceptors (Lipinski definition) is 3. The number of nitrogens with zero attached hydrogens (tertiary/aromatic N) is 1. The first-order chi connectivity index (χ1) is 11.5. The molecule has 2 aromatic rings. The number of amides is 1. The Balaban J connectivity index is 1.59. The minimum atomic E-state index is -3.59. The summed E-state index contributed by atoms with van der Waals surface area (Å²) in [4.78, 5) is 14.1. The van der Waals surface area contributed by atoms with Gasteiger partial charge in [0, 0.05) is 25.6 Å². The average molecular weight is 344 g/mol. The molecule has 1 unspecified atom stereocenters. The quantitative estimate of drug-likeness (QED) is 0.869. The highest BCUT2D eigenvalue weighted by Crippen LogP contribution is 2.16. The summed E-state index contributed by atoms with van der Waals surface area (Å²) >= 11 is 0. The molecule has 0 spiro atoms. The highest BCUT2D eigenvalue weighted by atomic mass is 32.2. The molecule has 126 valence electrons. The largest absolute Gasteiger partial charge is 0.341 e. The van der Waals surface area contributed by atoms with E-state index in [0.717, 1.165) is 6.42 Å². The molecule has 5 nitrogen and oxygen atoms in total. The second-order valence-corrected chi connectivity index (χ2v) is 7.62. The van der Waals surface area contributed by atoms with E-state index in [1.165, 1.54) is 5.56 Å². The zero-order chi connectivity index (χ0) is 17.0. The fourth-order valence-electron chi connectivity index (χ4n) is 2.86. The Morgan fingerprint density at radius 1 is 1.00 bits per heavy atom. The van der Waals surface area contributed by atoms with Crippen LogP contribution in [0.2, 0.25) is 0 Å². The van der Waals surface area contributed by atoms with Gasteiger partial charge in [0.2, 0.25) is 15.9 Å². The van der Waals surface area contributed by atoms with Gasteiger partial charge in [-0.05, 0) is 24.1 Å². The molecule has 1 aliphatic heterocycles. The second kappa shape index (κ2) is 7.15. The van der Waals surface area contributed by atoms with Crippen molar-refractivity contribution in [1.82, 2.24) is 9.62 Å². The molecule has 0 saturated carbocycles. The molecule has 24 heavy (non-hydrogen) atoms. The van der Waals surface area contributed by atoms with Crippen molar-refractivity contribution >= 4 is 15.9 Å². The van der Waals surface area contributed by atoms with Crippen LogP contribution in [0.3, 0.4) is 0 Å². The number of benzene rings is 2. The Hall–Kier alpha value is -2.18. The van der Waals surface area contributed by atoms with E-state index in [1.54, 1.807) is 35.2 Å². The van der Waals surface area contributed by atoms with Crippen LogP contribution in [0.25, 0.3) is 0 Å². The molecule has 0 aromatic heterocycles. The standard InChI is InChI=1S/C18H20N2O3S/c21-18-13-16(19-24(22,23)17-9-5-2-6-10-17)14-20(18)12-11-15-7-3-1-4-8-15/h1-10,16,19H,11-14H2. The number of hydrogen-bond donors (Lipinski definition) is 1. The van der Waals surface area contributed by atoms with E-state index < -0.39 is 10.0 Å². The predicted molar refractivity (Wildman–Crippen MR) is 91.9 cm³/mol. The Labute approximate surface area is 142 Å². The van der Waals surface area contributed by atoms with Crippen LogP contribution in [-0.4, -0.2) is 38.4 Å². The molecule has 0 bridgehead atoms. The van der Waals surface area contributed by atoms with E-state index in [0.29, 0.717) is 13.1 Å². The molecule has 1 amide bonds. The fraction of sp³-hybridized carbons (Fsp3) is 0.278. The lowest BCUT2D eigenvalue weighted by molar-refractivity contribution is -0.127. The van der Waals surface area contributed by atoms with Gasteiger partial charge in [-0.2, -0.15) is 0 Å². The molecule has 3 rings (SSSR count). The van der Waals surface area contributed by atoms with Crippen molar-refractivity contribution in [2.75, 3.05) is 13.1 Å². The van der Waals surface area contributed by atoms with Gasteiger partial charge in [-0.25, -0.2) is 13.1 Å². The maximum atomic E-state index is 12.3. The first-order valence-corrected chi connectivity index (χ1v) is 9.42. The van der Waals surface area contributed by atoms with Gasteiger partial charge in [0.05, 0.1) is 4.90 Å². The Kier molecular flexibility index (Phi) is 4.97. The molecule has 0 radical (unpaired) electrons. The van der Waals surface area contributed by atoms with Crippen LogP contribution in [0.15, 0.2) is 65.6 Å². The number of carbonyl (C=O) groups excluding carboxylic acids is 1. The lowest BCUT2D eigenvalue weighted by atomic mass is 10.1. The number of likely N-dealkylation sites (tertiary alicyclic amines) is 1. The first-order valence-electron chi connectivity index (χ1n) is 7.94. The maximum Gasteiger partial charge on any atom is 0.240 e. The number of sulfonamides is 1. The average Bonchev–Trinajstić information content (AvgIpc) is 2.93. The van der Waals surface area contributed by atoms with Crippen molar-refractivity contribution in [3.63, 3.8) is 0 Å². The molecular formula is C18H20N2O3S. The fourth-order valence-corrected chi connectivity index (χ4v) is 4.11. The summed E-state index contributed by atoms with van der Waals surface area (Å²) in [5.74, 6) is -0.00769. The van der Waals surface area contributed by atoms with Crippen LogP contribution < -0.4 is 4.72 Å². The van der Waals surface area contributed by atoms with Gasteiger partial charge in [-0.3, -0.25) is 4.79 Å². The lowest BCUT2D eigenvalue weighted by Gasteiger charge is -2.17. The summed E-state index contributed by atoms with van der Waals surface area (Å²) in [7, 11) is -3.59. The Morgan fingerprint density at radius 2 is 1.62 bits per heavy atom. The van der Waals surface area contributed by atoms with Crippen LogP contribution in [0.5, 0.6) is 0 Å². The van der Waals surface area contributed by atoms with Crippen LogP contribution >= 0.6 is 0 Å². The summed E-state index contributed by atoms with van der Waals surface area (Å²) in [5.41, 5.74) is 1.17. The maximum absolute atomic E-state index is 12.3. The first kappa shape index (κ1) is 16.7. The van der Waals surface area contributed by atoms with Gasteiger partial charge in [-0.15, -0.1) is 0 Å². The van der Waals surface area contributed by atoms with Gasteiger partial charge < -0.3 is 4.90 Å². The number of rotatable bonds is 6. The Morgan fingerprint density at radius 3 is 2.29 bits per heavy atom. The highest BCUT2D eigenvalue weighted by Gasteiger charge is 2.32. The predicted octanol–water partition coefficient (Wildman–Crippen LogP) is 1.81. The minimum Gasteiger partial charge on any atom is -0.341 e. The van der Waals surface area contributed by atoms with Crippen molar-refractivity contribution in [2.24, 2.45) is 0 Å². The summed E-state index contributed by atoms with van der Waals surface area (Å²) in [6, 6.07) is 17.8. The van der Waals surface area contributed by atoms with Gasteiger partial charge in [-0.1, -0.05) is 48.5 Å². The van der Waals surface area contributed by atoms with Crippen LogP contribution in [0.1, 0.15) is 12.0 Å². The third kappa shape index (κ3) is 4.01. The SMILES string of the molecule is O=C1CC(NS(=O)(=O)c2ccccc2)CN1CCc1ccccc1. The number of carbonyl (C=O) groups is 1. The van der Waals surface area contributed by atoms with Gasteiger partial charge in [0.25, 0.3) is 0 Å². The van der Waals surface area contributed by atoms with E-state index in [4.69, 9.17) is 0 Å². The summed E-state index contributed by atoms with van der Waals surface area (Å²) in [6.45, 7) is 1.02. The molecule has 1 heterocycles. The lowest BCUT2D eigenvalue weighted by Crippen LogP contribution is -2.37. The smallest absolute Gasteiger partial charge is 0.240 e. The normalized spacial score (nSPS) is 18.1. The molecule has 1 N–H and O–H groups in total. The molecule has 2 aromatic carbocycles. The molecule has 6 heteroatoms. The zero-order valence-electron chi connectivity index (χ0n) is 13.3. The van der Waals surface area contributed by atoms with E-state index in [2.05, 4.69) is 4.72 Å². The zero-order valence-corrected chi connectivity index (χ0v) is 14.1. The summed E-state index contributed by atoms with van der Waals surface area (Å²) < 4.78 is 27.3. The third-order valence-electron chi connectivity index (χ3n) is 4.10. The van der Waals surface area contributed by atoms with Crippen molar-refractivity contribution in [2.45, 2.75) is 23.8 Å². The molecular weight excluding hydrogens is 324 g/mol. The van der Waals surface area contributed by atoms with E-state index in [-0.39, 0.29) is 23.3 Å². The van der Waals surface area contributed by atoms with Crippen molar-refractivity contribution in [1.29, 1.82) is 0 Å². The molecule has 1 saturated heterocycles. The topological polar surface area (TPSA) is 66.5 Å². The summed E-state index contributed by atoms with van der Waals surface area (Å²) in [5, 5.41) is 0. The highest BCUT2D eigenvalue weighted by molar-refractivity contribution is 7.89. The molecule has 1 aliphatic rings. The second-order valence-electron chi connectivity index (χ2n) is 5.91. The number of nitrogens with one attached hydrogen (secondary N) is 1. The van der Waals surface area contributed by atoms with Crippen LogP contribution in [-0.2, 0) is 21.2 Å². The Bertz CT molecular complexity index is 792. The van der Waals surface area contributed by atoms with Crippen LogP contribution in [0.4, 0.5) is 0 Å². The molecule has 0 aliphatic carbocycles. The van der Waals surface area contributed by atoms with Crippen molar-refractivity contribution in [3.05, 3.63) is 66.2 Å². The van der Waals surface area contributed by atoms with Crippen molar-refractivity contribution < 1.29 is 13.2 Å². The van der Waals surface area contributed by atoms with Crippen LogP contribution in [0, 0.1) is 0 Å². The van der Waals surface area contributed by atoms with E-state index in [9.17, 15) is 13.2 Å². The van der Waals surface area contributed by atoms with E-state index >= 15 is 0 Å². The molecule has 1 fully saturated rings.